The molecule has 0 aliphatic rings. The summed E-state index contributed by atoms with van der Waals surface area (Å²) in [6.07, 6.45) is 0. The van der Waals surface area contributed by atoms with Gasteiger partial charge < -0.3 is 5.32 Å². The number of rotatable bonds is 6. The fraction of sp³-hybridized carbons (Fsp3) is 0.278. The van der Waals surface area contributed by atoms with Gasteiger partial charge in [-0.05, 0) is 36.6 Å². The van der Waals surface area contributed by atoms with E-state index in [9.17, 15) is 9.18 Å². The van der Waals surface area contributed by atoms with Gasteiger partial charge in [-0.25, -0.2) is 4.39 Å². The van der Waals surface area contributed by atoms with E-state index in [2.05, 4.69) is 24.4 Å². The van der Waals surface area contributed by atoms with Gasteiger partial charge in [0.2, 0.25) is 5.91 Å². The Balaban J connectivity index is 1.86. The number of amides is 1. The molecule has 2 nitrogen and oxygen atoms in total. The first-order valence-corrected chi connectivity index (χ1v) is 8.67. The van der Waals surface area contributed by atoms with Crippen molar-refractivity contribution in [3.63, 3.8) is 0 Å². The molecule has 0 radical (unpaired) electrons. The molecule has 0 aliphatic heterocycles. The fourth-order valence-electron chi connectivity index (χ4n) is 2.10. The Labute approximate surface area is 145 Å². The highest BCUT2D eigenvalue weighted by Crippen LogP contribution is 2.27. The summed E-state index contributed by atoms with van der Waals surface area (Å²) in [6.45, 7) is 4.48. The van der Waals surface area contributed by atoms with Gasteiger partial charge in [0, 0.05) is 11.4 Å². The largest absolute Gasteiger partial charge is 0.355 e. The third-order valence-corrected chi connectivity index (χ3v) is 4.91. The van der Waals surface area contributed by atoms with Crippen LogP contribution in [0.2, 0.25) is 5.02 Å². The molecule has 2 atom stereocenters. The van der Waals surface area contributed by atoms with Crippen molar-refractivity contribution in [1.82, 2.24) is 5.32 Å². The first-order valence-electron chi connectivity index (χ1n) is 7.41. The topological polar surface area (TPSA) is 29.1 Å². The molecule has 122 valence electrons. The van der Waals surface area contributed by atoms with Gasteiger partial charge in [0.1, 0.15) is 5.82 Å². The van der Waals surface area contributed by atoms with Gasteiger partial charge in [-0.2, -0.15) is 0 Å². The van der Waals surface area contributed by atoms with Crippen molar-refractivity contribution in [2.24, 2.45) is 0 Å². The summed E-state index contributed by atoms with van der Waals surface area (Å²) in [7, 11) is 0. The summed E-state index contributed by atoms with van der Waals surface area (Å²) in [5, 5.41) is 2.75. The first kappa shape index (κ1) is 17.8. The minimum Gasteiger partial charge on any atom is -0.355 e. The number of thioether (sulfide) groups is 1. The van der Waals surface area contributed by atoms with Gasteiger partial charge in [-0.15, -0.1) is 11.8 Å². The molecular formula is C18H19ClFNOS. The van der Waals surface area contributed by atoms with E-state index in [-0.39, 0.29) is 22.1 Å². The van der Waals surface area contributed by atoms with Gasteiger partial charge in [0.25, 0.3) is 0 Å². The number of hydrogen-bond donors (Lipinski definition) is 1. The molecule has 1 N–H and O–H groups in total. The summed E-state index contributed by atoms with van der Waals surface area (Å²) < 4.78 is 13.1. The number of nitrogens with one attached hydrogen (secondary N) is 1. The minimum atomic E-state index is -0.454. The molecule has 0 bridgehead atoms. The lowest BCUT2D eigenvalue weighted by Gasteiger charge is -2.16. The van der Waals surface area contributed by atoms with E-state index in [1.165, 1.54) is 29.5 Å². The Hall–Kier alpha value is -1.52. The van der Waals surface area contributed by atoms with E-state index in [1.54, 1.807) is 6.07 Å². The second-order valence-corrected chi connectivity index (χ2v) is 7.21. The SMILES string of the molecule is C[C@H](CNC(=O)[C@@H](C)Sc1ccc(F)c(Cl)c1)c1ccccc1. The normalized spacial score (nSPS) is 13.4. The molecule has 0 saturated heterocycles. The molecule has 5 heteroatoms. The molecule has 0 aromatic heterocycles. The highest BCUT2D eigenvalue weighted by atomic mass is 35.5. The van der Waals surface area contributed by atoms with Gasteiger partial charge in [-0.1, -0.05) is 48.9 Å². The number of carbonyl (C=O) groups is 1. The Kier molecular flexibility index (Phi) is 6.48. The quantitative estimate of drug-likeness (QED) is 0.751. The van der Waals surface area contributed by atoms with Crippen LogP contribution in [0.5, 0.6) is 0 Å². The van der Waals surface area contributed by atoms with Crippen molar-refractivity contribution in [1.29, 1.82) is 0 Å². The standard InChI is InChI=1S/C18H19ClFNOS/c1-12(14-6-4-3-5-7-14)11-21-18(22)13(2)23-15-8-9-17(20)16(19)10-15/h3-10,12-13H,11H2,1-2H3,(H,21,22)/t12-,13-/m1/s1. The Morgan fingerprint density at radius 3 is 2.57 bits per heavy atom. The van der Waals surface area contributed by atoms with Gasteiger partial charge in [-0.3, -0.25) is 4.79 Å². The third kappa shape index (κ3) is 5.26. The van der Waals surface area contributed by atoms with Crippen molar-refractivity contribution in [3.05, 3.63) is 64.9 Å². The van der Waals surface area contributed by atoms with Crippen LogP contribution in [-0.2, 0) is 4.79 Å². The van der Waals surface area contributed by atoms with E-state index in [4.69, 9.17) is 11.6 Å². The van der Waals surface area contributed by atoms with Crippen LogP contribution in [0, 0.1) is 5.82 Å². The predicted octanol–water partition coefficient (Wildman–Crippen LogP) is 4.88. The monoisotopic (exact) mass is 351 g/mol. The lowest BCUT2D eigenvalue weighted by Crippen LogP contribution is -2.33. The molecular weight excluding hydrogens is 333 g/mol. The molecule has 2 aromatic carbocycles. The number of benzene rings is 2. The van der Waals surface area contributed by atoms with Crippen molar-refractivity contribution < 1.29 is 9.18 Å². The maximum absolute atomic E-state index is 13.1. The molecule has 0 unspecified atom stereocenters. The van der Waals surface area contributed by atoms with Crippen LogP contribution in [0.4, 0.5) is 4.39 Å². The summed E-state index contributed by atoms with van der Waals surface area (Å²) in [4.78, 5) is 13.0. The van der Waals surface area contributed by atoms with Crippen LogP contribution >= 0.6 is 23.4 Å². The second-order valence-electron chi connectivity index (χ2n) is 5.39. The van der Waals surface area contributed by atoms with E-state index in [0.717, 1.165) is 4.90 Å². The van der Waals surface area contributed by atoms with Crippen molar-refractivity contribution in [3.8, 4) is 0 Å². The number of hydrogen-bond acceptors (Lipinski definition) is 2. The zero-order chi connectivity index (χ0) is 16.8. The number of halogens is 2. The second kappa shape index (κ2) is 8.37. The molecule has 0 saturated carbocycles. The predicted molar refractivity (Wildman–Crippen MR) is 94.6 cm³/mol. The van der Waals surface area contributed by atoms with Gasteiger partial charge in [0.05, 0.1) is 10.3 Å². The lowest BCUT2D eigenvalue weighted by molar-refractivity contribution is -0.120. The van der Waals surface area contributed by atoms with E-state index in [0.29, 0.717) is 6.54 Å². The summed E-state index contributed by atoms with van der Waals surface area (Å²) in [5.74, 6) is -0.249. The highest BCUT2D eigenvalue weighted by molar-refractivity contribution is 8.00. The molecule has 23 heavy (non-hydrogen) atoms. The molecule has 1 amide bonds. The van der Waals surface area contributed by atoms with Crippen LogP contribution in [0.15, 0.2) is 53.4 Å². The fourth-order valence-corrected chi connectivity index (χ4v) is 3.28. The molecule has 2 aromatic rings. The van der Waals surface area contributed by atoms with Gasteiger partial charge in [0.15, 0.2) is 0 Å². The average molecular weight is 352 g/mol. The third-order valence-electron chi connectivity index (χ3n) is 3.52. The number of carbonyl (C=O) groups excluding carboxylic acids is 1. The zero-order valence-corrected chi connectivity index (χ0v) is 14.6. The van der Waals surface area contributed by atoms with Crippen molar-refractivity contribution in [2.75, 3.05) is 6.54 Å². The van der Waals surface area contributed by atoms with Crippen LogP contribution in [-0.4, -0.2) is 17.7 Å². The zero-order valence-electron chi connectivity index (χ0n) is 13.1. The molecule has 0 aliphatic carbocycles. The molecule has 0 spiro atoms. The highest BCUT2D eigenvalue weighted by Gasteiger charge is 2.16. The maximum Gasteiger partial charge on any atom is 0.233 e. The minimum absolute atomic E-state index is 0.0433. The maximum atomic E-state index is 13.1. The lowest BCUT2D eigenvalue weighted by atomic mass is 10.0. The van der Waals surface area contributed by atoms with E-state index >= 15 is 0 Å². The smallest absolute Gasteiger partial charge is 0.233 e. The Morgan fingerprint density at radius 2 is 1.91 bits per heavy atom. The first-order chi connectivity index (χ1) is 11.0. The summed E-state index contributed by atoms with van der Waals surface area (Å²) >= 11 is 7.12. The molecule has 0 heterocycles. The van der Waals surface area contributed by atoms with E-state index < -0.39 is 5.82 Å². The van der Waals surface area contributed by atoms with Gasteiger partial charge >= 0.3 is 0 Å². The summed E-state index contributed by atoms with van der Waals surface area (Å²) in [5.41, 5.74) is 1.19. The van der Waals surface area contributed by atoms with E-state index in [1.807, 2.05) is 25.1 Å². The van der Waals surface area contributed by atoms with Crippen LogP contribution in [0.3, 0.4) is 0 Å². The van der Waals surface area contributed by atoms with Crippen molar-refractivity contribution in [2.45, 2.75) is 29.9 Å². The molecule has 0 fully saturated rings. The summed E-state index contributed by atoms with van der Waals surface area (Å²) in [6, 6.07) is 14.5. The molecule has 2 rings (SSSR count). The van der Waals surface area contributed by atoms with Crippen LogP contribution < -0.4 is 5.32 Å². The van der Waals surface area contributed by atoms with Crippen molar-refractivity contribution >= 4 is 29.3 Å². The average Bonchev–Trinajstić information content (AvgIpc) is 2.56. The Bertz CT molecular complexity index is 665. The van der Waals surface area contributed by atoms with Crippen LogP contribution in [0.25, 0.3) is 0 Å². The van der Waals surface area contributed by atoms with Crippen LogP contribution in [0.1, 0.15) is 25.3 Å². The Morgan fingerprint density at radius 1 is 1.22 bits per heavy atom.